The first-order valence-electron chi connectivity index (χ1n) is 6.19. The molecule has 0 radical (unpaired) electrons. The van der Waals surface area contributed by atoms with Gasteiger partial charge in [0.25, 0.3) is 0 Å². The van der Waals surface area contributed by atoms with Crippen molar-refractivity contribution in [3.63, 3.8) is 0 Å². The van der Waals surface area contributed by atoms with Gasteiger partial charge in [-0.25, -0.2) is 0 Å². The molecule has 0 atom stereocenters. The third kappa shape index (κ3) is 4.57. The van der Waals surface area contributed by atoms with Gasteiger partial charge in [0, 0.05) is 13.6 Å². The number of carbonyl (C=O) groups is 1. The third-order valence-electron chi connectivity index (χ3n) is 2.90. The highest BCUT2D eigenvalue weighted by molar-refractivity contribution is 5.77. The van der Waals surface area contributed by atoms with Crippen LogP contribution in [0.25, 0.3) is 0 Å². The summed E-state index contributed by atoms with van der Waals surface area (Å²) in [5.41, 5.74) is 7.95. The molecule has 0 aliphatic carbocycles. The number of amides is 1. The SMILES string of the molecule is CCCc1ccc(CCN(C)C(=O)CN)cc1. The standard InChI is InChI=1S/C14H22N2O/c1-3-4-12-5-7-13(8-6-12)9-10-16(2)14(17)11-15/h5-8H,3-4,9-11,15H2,1-2H3. The summed E-state index contributed by atoms with van der Waals surface area (Å²) in [5, 5.41) is 0. The normalized spacial score (nSPS) is 10.3. The van der Waals surface area contributed by atoms with Crippen LogP contribution in [0.4, 0.5) is 0 Å². The van der Waals surface area contributed by atoms with E-state index in [2.05, 4.69) is 31.2 Å². The molecule has 0 unspecified atom stereocenters. The second-order valence-electron chi connectivity index (χ2n) is 4.34. The molecule has 17 heavy (non-hydrogen) atoms. The number of rotatable bonds is 6. The average molecular weight is 234 g/mol. The van der Waals surface area contributed by atoms with E-state index in [1.807, 2.05) is 0 Å². The van der Waals surface area contributed by atoms with Crippen molar-refractivity contribution in [2.45, 2.75) is 26.2 Å². The number of hydrogen-bond acceptors (Lipinski definition) is 2. The lowest BCUT2D eigenvalue weighted by molar-refractivity contribution is -0.128. The van der Waals surface area contributed by atoms with Gasteiger partial charge < -0.3 is 10.6 Å². The number of aryl methyl sites for hydroxylation is 1. The molecular formula is C14H22N2O. The second kappa shape index (κ2) is 7.07. The highest BCUT2D eigenvalue weighted by Gasteiger charge is 2.05. The van der Waals surface area contributed by atoms with Crippen molar-refractivity contribution in [3.05, 3.63) is 35.4 Å². The zero-order valence-electron chi connectivity index (χ0n) is 10.8. The minimum Gasteiger partial charge on any atom is -0.344 e. The number of likely N-dealkylation sites (N-methyl/N-ethyl adjacent to an activating group) is 1. The highest BCUT2D eigenvalue weighted by Crippen LogP contribution is 2.07. The maximum atomic E-state index is 11.3. The Kier molecular flexibility index (Phi) is 5.70. The van der Waals surface area contributed by atoms with Crippen molar-refractivity contribution >= 4 is 5.91 Å². The molecule has 1 amide bonds. The molecule has 0 aliphatic rings. The number of carbonyl (C=O) groups excluding carboxylic acids is 1. The van der Waals surface area contributed by atoms with Crippen molar-refractivity contribution in [2.75, 3.05) is 20.1 Å². The van der Waals surface area contributed by atoms with Crippen molar-refractivity contribution < 1.29 is 4.79 Å². The van der Waals surface area contributed by atoms with Gasteiger partial charge in [-0.2, -0.15) is 0 Å². The Labute approximate surface area is 104 Å². The minimum absolute atomic E-state index is 0.00685. The van der Waals surface area contributed by atoms with Gasteiger partial charge in [-0.3, -0.25) is 4.79 Å². The molecule has 3 heteroatoms. The van der Waals surface area contributed by atoms with Crippen LogP contribution in [-0.2, 0) is 17.6 Å². The quantitative estimate of drug-likeness (QED) is 0.812. The van der Waals surface area contributed by atoms with Crippen LogP contribution < -0.4 is 5.73 Å². The summed E-state index contributed by atoms with van der Waals surface area (Å²) in [6.07, 6.45) is 3.19. The maximum absolute atomic E-state index is 11.3. The lowest BCUT2D eigenvalue weighted by Crippen LogP contribution is -2.34. The molecule has 1 aromatic rings. The molecule has 0 aliphatic heterocycles. The van der Waals surface area contributed by atoms with Gasteiger partial charge >= 0.3 is 0 Å². The summed E-state index contributed by atoms with van der Waals surface area (Å²) >= 11 is 0. The van der Waals surface area contributed by atoms with E-state index in [4.69, 9.17) is 5.73 Å². The zero-order chi connectivity index (χ0) is 12.7. The van der Waals surface area contributed by atoms with Crippen molar-refractivity contribution in [1.29, 1.82) is 0 Å². The summed E-state index contributed by atoms with van der Waals surface area (Å²) in [6, 6.07) is 8.63. The Hall–Kier alpha value is -1.35. The summed E-state index contributed by atoms with van der Waals surface area (Å²) in [6.45, 7) is 3.00. The first-order chi connectivity index (χ1) is 8.17. The van der Waals surface area contributed by atoms with Crippen LogP contribution in [0.5, 0.6) is 0 Å². The third-order valence-corrected chi connectivity index (χ3v) is 2.90. The molecule has 0 saturated heterocycles. The first-order valence-corrected chi connectivity index (χ1v) is 6.19. The van der Waals surface area contributed by atoms with E-state index < -0.39 is 0 Å². The average Bonchev–Trinajstić information content (AvgIpc) is 2.37. The Morgan fingerprint density at radius 2 is 1.71 bits per heavy atom. The van der Waals surface area contributed by atoms with Crippen LogP contribution in [0.15, 0.2) is 24.3 Å². The molecule has 0 aromatic heterocycles. The monoisotopic (exact) mass is 234 g/mol. The van der Waals surface area contributed by atoms with E-state index in [9.17, 15) is 4.79 Å². The van der Waals surface area contributed by atoms with Gasteiger partial charge in [-0.1, -0.05) is 37.6 Å². The van der Waals surface area contributed by atoms with Crippen LogP contribution in [0.3, 0.4) is 0 Å². The predicted molar refractivity (Wildman–Crippen MR) is 70.8 cm³/mol. The van der Waals surface area contributed by atoms with E-state index >= 15 is 0 Å². The summed E-state index contributed by atoms with van der Waals surface area (Å²) < 4.78 is 0. The van der Waals surface area contributed by atoms with E-state index in [0.29, 0.717) is 0 Å². The molecule has 0 spiro atoms. The van der Waals surface area contributed by atoms with Gasteiger partial charge in [0.2, 0.25) is 5.91 Å². The van der Waals surface area contributed by atoms with E-state index in [1.54, 1.807) is 11.9 Å². The number of hydrogen-bond donors (Lipinski definition) is 1. The van der Waals surface area contributed by atoms with Crippen LogP contribution in [0.2, 0.25) is 0 Å². The Morgan fingerprint density at radius 1 is 1.18 bits per heavy atom. The molecule has 94 valence electrons. The minimum atomic E-state index is -0.00685. The largest absolute Gasteiger partial charge is 0.344 e. The Bertz CT molecular complexity index is 346. The number of nitrogens with two attached hydrogens (primary N) is 1. The topological polar surface area (TPSA) is 46.3 Å². The fourth-order valence-corrected chi connectivity index (χ4v) is 1.74. The van der Waals surface area contributed by atoms with E-state index in [1.165, 1.54) is 17.5 Å². The van der Waals surface area contributed by atoms with Crippen LogP contribution in [0, 0.1) is 0 Å². The fourth-order valence-electron chi connectivity index (χ4n) is 1.74. The second-order valence-corrected chi connectivity index (χ2v) is 4.34. The molecule has 0 fully saturated rings. The van der Waals surface area contributed by atoms with Crippen LogP contribution >= 0.6 is 0 Å². The molecule has 0 bridgehead atoms. The molecule has 1 rings (SSSR count). The van der Waals surface area contributed by atoms with Crippen LogP contribution in [-0.4, -0.2) is 30.9 Å². The van der Waals surface area contributed by atoms with Gasteiger partial charge in [-0.15, -0.1) is 0 Å². The molecule has 0 heterocycles. The molecule has 0 saturated carbocycles. The van der Waals surface area contributed by atoms with Crippen molar-refractivity contribution in [3.8, 4) is 0 Å². The smallest absolute Gasteiger partial charge is 0.236 e. The molecule has 2 N–H and O–H groups in total. The number of nitrogens with zero attached hydrogens (tertiary/aromatic N) is 1. The van der Waals surface area contributed by atoms with Gasteiger partial charge in [0.15, 0.2) is 0 Å². The Morgan fingerprint density at radius 3 is 2.18 bits per heavy atom. The molecular weight excluding hydrogens is 212 g/mol. The fraction of sp³-hybridized carbons (Fsp3) is 0.500. The lowest BCUT2D eigenvalue weighted by atomic mass is 10.1. The zero-order valence-corrected chi connectivity index (χ0v) is 10.8. The lowest BCUT2D eigenvalue weighted by Gasteiger charge is -2.16. The van der Waals surface area contributed by atoms with Crippen LogP contribution in [0.1, 0.15) is 24.5 Å². The Balaban J connectivity index is 2.44. The summed E-state index contributed by atoms with van der Waals surface area (Å²) in [4.78, 5) is 13.0. The van der Waals surface area contributed by atoms with Crippen molar-refractivity contribution in [1.82, 2.24) is 4.90 Å². The van der Waals surface area contributed by atoms with E-state index in [-0.39, 0.29) is 12.5 Å². The van der Waals surface area contributed by atoms with E-state index in [0.717, 1.165) is 19.4 Å². The van der Waals surface area contributed by atoms with Gasteiger partial charge in [0.05, 0.1) is 6.54 Å². The predicted octanol–water partition coefficient (Wildman–Crippen LogP) is 1.60. The molecule has 1 aromatic carbocycles. The molecule has 3 nitrogen and oxygen atoms in total. The number of benzene rings is 1. The first kappa shape index (κ1) is 13.7. The summed E-state index contributed by atoms with van der Waals surface area (Å²) in [7, 11) is 1.79. The van der Waals surface area contributed by atoms with Gasteiger partial charge in [0.1, 0.15) is 0 Å². The van der Waals surface area contributed by atoms with Crippen molar-refractivity contribution in [2.24, 2.45) is 5.73 Å². The summed E-state index contributed by atoms with van der Waals surface area (Å²) in [5.74, 6) is -0.00685. The highest BCUT2D eigenvalue weighted by atomic mass is 16.2. The van der Waals surface area contributed by atoms with Gasteiger partial charge in [-0.05, 0) is 24.0 Å². The maximum Gasteiger partial charge on any atom is 0.236 e.